The molecule has 0 radical (unpaired) electrons. The van der Waals surface area contributed by atoms with Crippen molar-refractivity contribution in [3.63, 3.8) is 0 Å². The van der Waals surface area contributed by atoms with Crippen LogP contribution in [0.3, 0.4) is 0 Å². The van der Waals surface area contributed by atoms with E-state index in [4.69, 9.17) is 4.74 Å². The van der Waals surface area contributed by atoms with Crippen molar-refractivity contribution >= 4 is 17.4 Å². The van der Waals surface area contributed by atoms with Gasteiger partial charge in [0.05, 0.1) is 12.6 Å². The minimum atomic E-state index is 0.0212. The zero-order valence-corrected chi connectivity index (χ0v) is 14.6. The molecular weight excluding hydrogens is 302 g/mol. The van der Waals surface area contributed by atoms with Crippen LogP contribution in [-0.4, -0.2) is 43.8 Å². The highest BCUT2D eigenvalue weighted by Gasteiger charge is 2.31. The average Bonchev–Trinajstić information content (AvgIpc) is 3.43. The predicted octanol–water partition coefficient (Wildman–Crippen LogP) is 3.93. The second-order valence-electron chi connectivity index (χ2n) is 6.95. The van der Waals surface area contributed by atoms with Gasteiger partial charge in [0, 0.05) is 31.6 Å². The Hall–Kier alpha value is -1.75. The summed E-state index contributed by atoms with van der Waals surface area (Å²) in [7, 11) is 1.75. The van der Waals surface area contributed by atoms with Crippen molar-refractivity contribution in [1.29, 1.82) is 0 Å². The van der Waals surface area contributed by atoms with E-state index in [9.17, 15) is 4.79 Å². The third-order valence-corrected chi connectivity index (χ3v) is 4.92. The number of carbonyl (C=O) groups is 1. The summed E-state index contributed by atoms with van der Waals surface area (Å²) in [6.07, 6.45) is 7.24. The number of nitrogens with zero attached hydrogens (tertiary/aromatic N) is 1. The average molecular weight is 331 g/mol. The summed E-state index contributed by atoms with van der Waals surface area (Å²) in [5, 5.41) is 6.56. The first-order chi connectivity index (χ1) is 11.8. The molecule has 2 amide bonds. The van der Waals surface area contributed by atoms with Gasteiger partial charge in [-0.05, 0) is 55.9 Å². The van der Waals surface area contributed by atoms with Gasteiger partial charge in [-0.2, -0.15) is 0 Å². The maximum Gasteiger partial charge on any atom is 0.321 e. The van der Waals surface area contributed by atoms with E-state index >= 15 is 0 Å². The number of rotatable bonds is 6. The minimum absolute atomic E-state index is 0.0212. The van der Waals surface area contributed by atoms with Gasteiger partial charge in [0.2, 0.25) is 0 Å². The van der Waals surface area contributed by atoms with Crippen LogP contribution in [0.25, 0.3) is 0 Å². The van der Waals surface area contributed by atoms with E-state index in [-0.39, 0.29) is 6.03 Å². The van der Waals surface area contributed by atoms with Crippen LogP contribution < -0.4 is 10.6 Å². The van der Waals surface area contributed by atoms with E-state index in [0.29, 0.717) is 6.04 Å². The number of urea groups is 1. The molecule has 0 spiro atoms. The number of hydrogen-bond donors (Lipinski definition) is 2. The van der Waals surface area contributed by atoms with Gasteiger partial charge in [-0.1, -0.05) is 12.8 Å². The van der Waals surface area contributed by atoms with Crippen molar-refractivity contribution in [2.75, 3.05) is 37.4 Å². The fourth-order valence-corrected chi connectivity index (χ4v) is 3.31. The Bertz CT molecular complexity index is 520. The maximum absolute atomic E-state index is 12.3. The molecule has 24 heavy (non-hydrogen) atoms. The molecule has 5 heteroatoms. The second-order valence-corrected chi connectivity index (χ2v) is 6.95. The molecule has 132 valence electrons. The molecular formula is C19H29N3O2. The molecule has 3 rings (SSSR count). The second kappa shape index (κ2) is 8.38. The number of hydrogen-bond acceptors (Lipinski definition) is 3. The van der Waals surface area contributed by atoms with E-state index in [1.165, 1.54) is 25.7 Å². The van der Waals surface area contributed by atoms with E-state index in [1.54, 1.807) is 7.11 Å². The monoisotopic (exact) mass is 331 g/mol. The molecule has 1 heterocycles. The number of ether oxygens (including phenoxy) is 1. The summed E-state index contributed by atoms with van der Waals surface area (Å²) >= 11 is 0. The van der Waals surface area contributed by atoms with Gasteiger partial charge in [-0.25, -0.2) is 4.79 Å². The van der Waals surface area contributed by atoms with E-state index in [1.807, 2.05) is 29.2 Å². The predicted molar refractivity (Wildman–Crippen MR) is 97.5 cm³/mol. The standard InChI is InChI=1S/C19H29N3O2/c1-24-14-18(15-6-7-15)20-16-8-10-17(11-9-16)21-19(23)22-12-4-2-3-5-13-22/h8-11,15,18,20H,2-7,12-14H2,1H3,(H,21,23). The summed E-state index contributed by atoms with van der Waals surface area (Å²) in [6, 6.07) is 8.40. The number of benzene rings is 1. The lowest BCUT2D eigenvalue weighted by Crippen LogP contribution is -2.35. The zero-order chi connectivity index (χ0) is 16.8. The summed E-state index contributed by atoms with van der Waals surface area (Å²) in [6.45, 7) is 2.47. The van der Waals surface area contributed by atoms with E-state index < -0.39 is 0 Å². The third-order valence-electron chi connectivity index (χ3n) is 4.92. The highest BCUT2D eigenvalue weighted by atomic mass is 16.5. The van der Waals surface area contributed by atoms with Crippen LogP contribution >= 0.6 is 0 Å². The number of anilines is 2. The Morgan fingerprint density at radius 3 is 2.33 bits per heavy atom. The van der Waals surface area contributed by atoms with Crippen molar-refractivity contribution in [2.24, 2.45) is 5.92 Å². The van der Waals surface area contributed by atoms with E-state index in [2.05, 4.69) is 10.6 Å². The fourth-order valence-electron chi connectivity index (χ4n) is 3.31. The first-order valence-corrected chi connectivity index (χ1v) is 9.18. The number of nitrogens with one attached hydrogen (secondary N) is 2. The SMILES string of the molecule is COCC(Nc1ccc(NC(=O)N2CCCCCC2)cc1)C1CC1. The number of amides is 2. The lowest BCUT2D eigenvalue weighted by Gasteiger charge is -2.21. The van der Waals surface area contributed by atoms with Crippen molar-refractivity contribution in [1.82, 2.24) is 4.90 Å². The van der Waals surface area contributed by atoms with Crippen molar-refractivity contribution in [2.45, 2.75) is 44.6 Å². The van der Waals surface area contributed by atoms with Crippen LogP contribution in [0.4, 0.5) is 16.2 Å². The largest absolute Gasteiger partial charge is 0.383 e. The normalized spacial score (nSPS) is 19.5. The Morgan fingerprint density at radius 1 is 1.12 bits per heavy atom. The topological polar surface area (TPSA) is 53.6 Å². The van der Waals surface area contributed by atoms with Crippen LogP contribution in [0.5, 0.6) is 0 Å². The number of carbonyl (C=O) groups excluding carboxylic acids is 1. The Balaban J connectivity index is 1.52. The molecule has 1 aliphatic carbocycles. The minimum Gasteiger partial charge on any atom is -0.383 e. The third kappa shape index (κ3) is 4.87. The molecule has 1 atom stereocenters. The van der Waals surface area contributed by atoms with Gasteiger partial charge < -0.3 is 20.3 Å². The van der Waals surface area contributed by atoms with Crippen LogP contribution in [-0.2, 0) is 4.74 Å². The summed E-state index contributed by atoms with van der Waals surface area (Å²) < 4.78 is 5.31. The highest BCUT2D eigenvalue weighted by Crippen LogP contribution is 2.34. The summed E-state index contributed by atoms with van der Waals surface area (Å²) in [4.78, 5) is 14.3. The maximum atomic E-state index is 12.3. The Labute approximate surface area is 144 Å². The molecule has 1 saturated heterocycles. The van der Waals surface area contributed by atoms with Gasteiger partial charge in [0.1, 0.15) is 0 Å². The lowest BCUT2D eigenvalue weighted by molar-refractivity contribution is 0.179. The van der Waals surface area contributed by atoms with Gasteiger partial charge in [-0.3, -0.25) is 0 Å². The Kier molecular flexibility index (Phi) is 5.96. The van der Waals surface area contributed by atoms with Crippen molar-refractivity contribution < 1.29 is 9.53 Å². The molecule has 0 aromatic heterocycles. The molecule has 1 saturated carbocycles. The lowest BCUT2D eigenvalue weighted by atomic mass is 10.2. The zero-order valence-electron chi connectivity index (χ0n) is 14.6. The van der Waals surface area contributed by atoms with Gasteiger partial charge in [0.15, 0.2) is 0 Å². The fraction of sp³-hybridized carbons (Fsp3) is 0.632. The first kappa shape index (κ1) is 17.1. The van der Waals surface area contributed by atoms with Gasteiger partial charge in [-0.15, -0.1) is 0 Å². The van der Waals surface area contributed by atoms with Crippen LogP contribution in [0, 0.1) is 5.92 Å². The van der Waals surface area contributed by atoms with Crippen LogP contribution in [0.1, 0.15) is 38.5 Å². The summed E-state index contributed by atoms with van der Waals surface area (Å²) in [5.41, 5.74) is 1.93. The Morgan fingerprint density at radius 2 is 1.75 bits per heavy atom. The van der Waals surface area contributed by atoms with Crippen molar-refractivity contribution in [3.05, 3.63) is 24.3 Å². The van der Waals surface area contributed by atoms with Crippen LogP contribution in [0.2, 0.25) is 0 Å². The molecule has 1 unspecified atom stereocenters. The molecule has 2 fully saturated rings. The summed E-state index contributed by atoms with van der Waals surface area (Å²) in [5.74, 6) is 0.729. The molecule has 1 aromatic rings. The smallest absolute Gasteiger partial charge is 0.321 e. The highest BCUT2D eigenvalue weighted by molar-refractivity contribution is 5.89. The molecule has 1 aliphatic heterocycles. The van der Waals surface area contributed by atoms with Crippen LogP contribution in [0.15, 0.2) is 24.3 Å². The number of likely N-dealkylation sites (tertiary alicyclic amines) is 1. The van der Waals surface area contributed by atoms with Crippen molar-refractivity contribution in [3.8, 4) is 0 Å². The van der Waals surface area contributed by atoms with Gasteiger partial charge >= 0.3 is 6.03 Å². The molecule has 2 aliphatic rings. The number of methoxy groups -OCH3 is 1. The molecule has 5 nitrogen and oxygen atoms in total. The van der Waals surface area contributed by atoms with E-state index in [0.717, 1.165) is 49.8 Å². The quantitative estimate of drug-likeness (QED) is 0.830. The first-order valence-electron chi connectivity index (χ1n) is 9.18. The van der Waals surface area contributed by atoms with Gasteiger partial charge in [0.25, 0.3) is 0 Å². The molecule has 0 bridgehead atoms. The molecule has 2 N–H and O–H groups in total. The molecule has 1 aromatic carbocycles.